The van der Waals surface area contributed by atoms with Crippen LogP contribution < -0.4 is 0 Å². The Morgan fingerprint density at radius 3 is 2.05 bits per heavy atom. The van der Waals surface area contributed by atoms with Crippen molar-refractivity contribution in [2.45, 2.75) is 50.1 Å². The number of rotatable bonds is 4. The molecular weight excluding hydrogens is 544 g/mol. The van der Waals surface area contributed by atoms with Gasteiger partial charge in [0, 0.05) is 36.9 Å². The van der Waals surface area contributed by atoms with Crippen molar-refractivity contribution in [3.05, 3.63) is 60.2 Å². The number of alkyl halides is 6. The fraction of sp³-hybridized carbons (Fsp3) is 0.435. The summed E-state index contributed by atoms with van der Waals surface area (Å²) in [4.78, 5) is 40.7. The number of morpholine rings is 1. The number of carbonyl (C=O) groups is 3. The molecule has 1 saturated heterocycles. The van der Waals surface area contributed by atoms with Gasteiger partial charge in [0.1, 0.15) is 6.10 Å². The summed E-state index contributed by atoms with van der Waals surface area (Å²) in [7, 11) is 0. The third-order valence-corrected chi connectivity index (χ3v) is 5.40. The molecule has 0 unspecified atom stereocenters. The zero-order valence-corrected chi connectivity index (χ0v) is 19.9. The molecule has 2 aliphatic rings. The Morgan fingerprint density at radius 1 is 0.949 bits per heavy atom. The van der Waals surface area contributed by atoms with Crippen LogP contribution in [0, 0.1) is 0 Å². The highest BCUT2D eigenvalue weighted by Gasteiger charge is 2.45. The lowest BCUT2D eigenvalue weighted by Gasteiger charge is -2.39. The van der Waals surface area contributed by atoms with Gasteiger partial charge in [0.05, 0.1) is 25.4 Å². The molecule has 0 spiro atoms. The smallest absolute Gasteiger partial charge is 0.475 e. The number of carboxylic acids is 2. The summed E-state index contributed by atoms with van der Waals surface area (Å²) in [6.07, 6.45) is -1.54. The van der Waals surface area contributed by atoms with Gasteiger partial charge < -0.3 is 24.6 Å². The number of ether oxygens (including phenoxy) is 2. The molecule has 2 N–H and O–H groups in total. The van der Waals surface area contributed by atoms with Crippen LogP contribution in [0.5, 0.6) is 0 Å². The molecule has 4 rings (SSSR count). The molecule has 214 valence electrons. The third-order valence-electron chi connectivity index (χ3n) is 5.40. The molecule has 1 aliphatic carbocycles. The van der Waals surface area contributed by atoms with E-state index in [0.29, 0.717) is 25.3 Å². The molecule has 3 atom stereocenters. The number of carbonyl (C=O) groups excluding carboxylic acids is 1. The topological polar surface area (TPSA) is 139 Å². The van der Waals surface area contributed by atoms with Crippen molar-refractivity contribution in [3.8, 4) is 0 Å². The largest absolute Gasteiger partial charge is 0.490 e. The van der Waals surface area contributed by atoms with Crippen molar-refractivity contribution >= 4 is 17.8 Å². The van der Waals surface area contributed by atoms with Gasteiger partial charge in [0.2, 0.25) is 0 Å². The van der Waals surface area contributed by atoms with Gasteiger partial charge in [-0.05, 0) is 36.6 Å². The maximum absolute atomic E-state index is 12.8. The summed E-state index contributed by atoms with van der Waals surface area (Å²) in [5, 5.41) is 14.2. The van der Waals surface area contributed by atoms with Gasteiger partial charge in [-0.1, -0.05) is 6.07 Å². The number of halogens is 6. The van der Waals surface area contributed by atoms with Gasteiger partial charge >= 0.3 is 24.3 Å². The predicted octanol–water partition coefficient (Wildman–Crippen LogP) is 3.33. The molecule has 2 aromatic rings. The van der Waals surface area contributed by atoms with Crippen LogP contribution in [0.15, 0.2) is 49.1 Å². The Balaban J connectivity index is 0.000000317. The normalized spacial score (nSPS) is 20.5. The van der Waals surface area contributed by atoms with Gasteiger partial charge in [-0.15, -0.1) is 0 Å². The Morgan fingerprint density at radius 2 is 1.54 bits per heavy atom. The molecule has 0 aromatic carbocycles. The summed E-state index contributed by atoms with van der Waals surface area (Å²) < 4.78 is 75.5. The number of hydrogen-bond acceptors (Lipinski definition) is 7. The zero-order valence-electron chi connectivity index (χ0n) is 19.9. The molecule has 39 heavy (non-hydrogen) atoms. The van der Waals surface area contributed by atoms with E-state index in [0.717, 1.165) is 18.4 Å². The molecular formula is C23H23F6N3O7. The summed E-state index contributed by atoms with van der Waals surface area (Å²) in [5.41, 5.74) is 1.72. The van der Waals surface area contributed by atoms with Gasteiger partial charge in [0.15, 0.2) is 0 Å². The lowest BCUT2D eigenvalue weighted by Crippen LogP contribution is -2.53. The highest BCUT2D eigenvalue weighted by atomic mass is 19.4. The molecule has 0 radical (unpaired) electrons. The number of hydrogen-bond donors (Lipinski definition) is 2. The van der Waals surface area contributed by atoms with Crippen LogP contribution in [-0.4, -0.2) is 86.7 Å². The summed E-state index contributed by atoms with van der Waals surface area (Å²) >= 11 is 0. The van der Waals surface area contributed by atoms with E-state index in [1.807, 2.05) is 23.2 Å². The fourth-order valence-electron chi connectivity index (χ4n) is 3.69. The first-order valence-corrected chi connectivity index (χ1v) is 11.1. The first-order chi connectivity index (χ1) is 18.2. The Kier molecular flexibility index (Phi) is 11.2. The van der Waals surface area contributed by atoms with Crippen LogP contribution in [0.1, 0.15) is 28.8 Å². The maximum atomic E-state index is 12.8. The van der Waals surface area contributed by atoms with Crippen molar-refractivity contribution < 1.29 is 60.4 Å². The molecule has 2 fully saturated rings. The van der Waals surface area contributed by atoms with Crippen LogP contribution in [0.2, 0.25) is 0 Å². The Bertz CT molecular complexity index is 1060. The van der Waals surface area contributed by atoms with E-state index >= 15 is 0 Å². The second-order valence-electron chi connectivity index (χ2n) is 8.03. The van der Waals surface area contributed by atoms with Crippen LogP contribution in [0.4, 0.5) is 26.3 Å². The number of carboxylic acid groups (broad SMARTS) is 2. The van der Waals surface area contributed by atoms with Crippen LogP contribution >= 0.6 is 0 Å². The van der Waals surface area contributed by atoms with E-state index in [-0.39, 0.29) is 24.2 Å². The minimum atomic E-state index is -5.08. The minimum Gasteiger partial charge on any atom is -0.475 e. The molecule has 16 heteroatoms. The molecule has 1 aliphatic heterocycles. The summed E-state index contributed by atoms with van der Waals surface area (Å²) in [5.74, 6) is -5.46. The van der Waals surface area contributed by atoms with Gasteiger partial charge in [0.25, 0.3) is 5.91 Å². The van der Waals surface area contributed by atoms with Crippen LogP contribution in [-0.2, 0) is 25.7 Å². The second kappa shape index (κ2) is 13.8. The minimum absolute atomic E-state index is 0.0123. The van der Waals surface area contributed by atoms with Gasteiger partial charge in [-0.3, -0.25) is 14.8 Å². The zero-order chi connectivity index (χ0) is 29.2. The lowest BCUT2D eigenvalue weighted by atomic mass is 10.1. The summed E-state index contributed by atoms with van der Waals surface area (Å²) in [6, 6.07) is 7.51. The quantitative estimate of drug-likeness (QED) is 0.533. The average molecular weight is 567 g/mol. The first-order valence-electron chi connectivity index (χ1n) is 11.1. The van der Waals surface area contributed by atoms with E-state index in [1.54, 1.807) is 30.7 Å². The number of amides is 1. The molecule has 10 nitrogen and oxygen atoms in total. The number of fused-ring (bicyclic) bond motifs is 1. The fourth-order valence-corrected chi connectivity index (χ4v) is 3.69. The number of aliphatic carboxylic acids is 2. The average Bonchev–Trinajstić information content (AvgIpc) is 3.31. The highest BCUT2D eigenvalue weighted by molar-refractivity contribution is 5.94. The Hall–Kier alpha value is -3.79. The molecule has 2 aromatic heterocycles. The molecule has 3 heterocycles. The van der Waals surface area contributed by atoms with Crippen molar-refractivity contribution in [3.63, 3.8) is 0 Å². The predicted molar refractivity (Wildman–Crippen MR) is 118 cm³/mol. The monoisotopic (exact) mass is 567 g/mol. The standard InChI is InChI=1S/C19H21N3O3.2C2HF3O2/c23-19(15-5-8-20-9-6-15)22-10-11-24-18-16(22)3-4-17(18)25-13-14-2-1-7-21-12-14;2*3-2(4,5)1(6)7/h1-2,5-9,12,16-18H,3-4,10-11,13H2;2*(H,6,7)/t16-,17+,18+;;/m0../s1. The van der Waals surface area contributed by atoms with Crippen molar-refractivity contribution in [1.29, 1.82) is 0 Å². The van der Waals surface area contributed by atoms with Crippen molar-refractivity contribution in [2.75, 3.05) is 13.2 Å². The summed E-state index contributed by atoms with van der Waals surface area (Å²) in [6.45, 7) is 1.69. The van der Waals surface area contributed by atoms with Gasteiger partial charge in [-0.25, -0.2) is 9.59 Å². The number of nitrogens with zero attached hydrogens (tertiary/aromatic N) is 3. The first kappa shape index (κ1) is 31.4. The number of pyridine rings is 2. The van der Waals surface area contributed by atoms with E-state index in [1.165, 1.54) is 0 Å². The lowest BCUT2D eigenvalue weighted by molar-refractivity contribution is -0.193. The maximum Gasteiger partial charge on any atom is 0.490 e. The van der Waals surface area contributed by atoms with Crippen molar-refractivity contribution in [2.24, 2.45) is 0 Å². The molecule has 1 saturated carbocycles. The molecule has 1 amide bonds. The van der Waals surface area contributed by atoms with Crippen LogP contribution in [0.25, 0.3) is 0 Å². The number of aromatic nitrogens is 2. The molecule has 0 bridgehead atoms. The Labute approximate surface area is 217 Å². The van der Waals surface area contributed by atoms with Crippen LogP contribution in [0.3, 0.4) is 0 Å². The van der Waals surface area contributed by atoms with Gasteiger partial charge in [-0.2, -0.15) is 26.3 Å². The second-order valence-corrected chi connectivity index (χ2v) is 8.03. The highest BCUT2D eigenvalue weighted by Crippen LogP contribution is 2.33. The van der Waals surface area contributed by atoms with Crippen molar-refractivity contribution in [1.82, 2.24) is 14.9 Å². The third kappa shape index (κ3) is 9.79. The van der Waals surface area contributed by atoms with E-state index in [4.69, 9.17) is 29.3 Å². The van der Waals surface area contributed by atoms with E-state index in [9.17, 15) is 31.1 Å². The SMILES string of the molecule is O=C(O)C(F)(F)F.O=C(O)C(F)(F)F.O=C(c1ccncc1)N1CCO[C@H]2[C@H](OCc3cccnc3)CC[C@@H]21. The van der Waals surface area contributed by atoms with E-state index < -0.39 is 24.3 Å². The van der Waals surface area contributed by atoms with E-state index in [2.05, 4.69) is 9.97 Å².